The van der Waals surface area contributed by atoms with Gasteiger partial charge in [-0.3, -0.25) is 4.79 Å². The molecule has 1 spiro atoms. The Morgan fingerprint density at radius 3 is 2.79 bits per heavy atom. The van der Waals surface area contributed by atoms with E-state index >= 15 is 0 Å². The number of benzene rings is 1. The number of imidazole rings is 1. The van der Waals surface area contributed by atoms with E-state index in [4.69, 9.17) is 10.5 Å². The lowest BCUT2D eigenvalue weighted by Crippen LogP contribution is -2.52. The maximum atomic E-state index is 13.2. The number of anilines is 1. The van der Waals surface area contributed by atoms with Crippen LogP contribution in [0.4, 0.5) is 5.82 Å². The molecule has 150 valence electrons. The van der Waals surface area contributed by atoms with Crippen molar-refractivity contribution in [2.45, 2.75) is 44.2 Å². The van der Waals surface area contributed by atoms with Gasteiger partial charge in [0.2, 0.25) is 5.91 Å². The number of aromatic nitrogens is 4. The number of likely N-dealkylation sites (tertiary alicyclic amines) is 1. The largest absolute Gasteiger partial charge is 0.487 e. The minimum Gasteiger partial charge on any atom is -0.487 e. The van der Waals surface area contributed by atoms with Crippen molar-refractivity contribution < 1.29 is 9.53 Å². The van der Waals surface area contributed by atoms with Gasteiger partial charge in [0.1, 0.15) is 29.2 Å². The molecule has 1 saturated heterocycles. The molecular formula is C21H24N6O2. The first-order valence-electron chi connectivity index (χ1n) is 10.1. The van der Waals surface area contributed by atoms with Gasteiger partial charge in [-0.05, 0) is 31.4 Å². The van der Waals surface area contributed by atoms with Crippen LogP contribution in [0.3, 0.4) is 0 Å². The first-order valence-corrected chi connectivity index (χ1v) is 10.1. The maximum absolute atomic E-state index is 13.2. The van der Waals surface area contributed by atoms with E-state index < -0.39 is 6.04 Å². The molecule has 2 N–H and O–H groups in total. The Labute approximate surface area is 168 Å². The highest BCUT2D eigenvalue weighted by Gasteiger charge is 2.41. The standard InChI is InChI=1S/C21H24N6O2/c1-14(27-13-25-17-18(22)23-12-24-19(17)27)20(28)26-10-8-21(9-11-26)7-6-15-4-2-3-5-16(15)29-21/h2-5,12-14H,6-11H2,1H3,(H2,22,23,24)/t14-/m0/s1. The first kappa shape index (κ1) is 17.9. The molecule has 1 amide bonds. The van der Waals surface area contributed by atoms with Crippen LogP contribution >= 0.6 is 0 Å². The van der Waals surface area contributed by atoms with Crippen LogP contribution in [-0.2, 0) is 11.2 Å². The third-order valence-electron chi connectivity index (χ3n) is 6.30. The number of piperidine rings is 1. The molecule has 5 rings (SSSR count). The quantitative estimate of drug-likeness (QED) is 0.719. The van der Waals surface area contributed by atoms with Crippen molar-refractivity contribution >= 4 is 22.9 Å². The zero-order valence-electron chi connectivity index (χ0n) is 16.4. The highest BCUT2D eigenvalue weighted by Crippen LogP contribution is 2.39. The van der Waals surface area contributed by atoms with Crippen LogP contribution in [0.2, 0.25) is 0 Å². The number of amides is 1. The Hall–Kier alpha value is -3.16. The second kappa shape index (κ2) is 6.72. The fraction of sp³-hybridized carbons (Fsp3) is 0.429. The molecule has 0 radical (unpaired) electrons. The summed E-state index contributed by atoms with van der Waals surface area (Å²) in [7, 11) is 0. The van der Waals surface area contributed by atoms with Crippen LogP contribution in [0.15, 0.2) is 36.9 Å². The van der Waals surface area contributed by atoms with Gasteiger partial charge in [-0.15, -0.1) is 0 Å². The normalized spacial score (nSPS) is 19.0. The number of hydrogen-bond acceptors (Lipinski definition) is 6. The molecule has 8 nitrogen and oxygen atoms in total. The number of aryl methyl sites for hydroxylation is 1. The molecule has 0 unspecified atom stereocenters. The van der Waals surface area contributed by atoms with E-state index in [9.17, 15) is 4.79 Å². The van der Waals surface area contributed by atoms with Gasteiger partial charge < -0.3 is 19.9 Å². The SMILES string of the molecule is C[C@@H](C(=O)N1CCC2(CCc3ccccc3O2)CC1)n1cnc2c(N)ncnc21. The third kappa shape index (κ3) is 2.99. The summed E-state index contributed by atoms with van der Waals surface area (Å²) in [4.78, 5) is 27.6. The number of nitrogens with zero attached hydrogens (tertiary/aromatic N) is 5. The third-order valence-corrected chi connectivity index (χ3v) is 6.30. The van der Waals surface area contributed by atoms with Gasteiger partial charge in [-0.1, -0.05) is 18.2 Å². The zero-order valence-corrected chi connectivity index (χ0v) is 16.4. The zero-order chi connectivity index (χ0) is 20.0. The lowest BCUT2D eigenvalue weighted by atomic mass is 9.83. The monoisotopic (exact) mass is 392 g/mol. The summed E-state index contributed by atoms with van der Waals surface area (Å²) in [6.07, 6.45) is 6.74. The Balaban J connectivity index is 1.29. The van der Waals surface area contributed by atoms with Gasteiger partial charge >= 0.3 is 0 Å². The minimum atomic E-state index is -0.406. The average molecular weight is 392 g/mol. The average Bonchev–Trinajstić information content (AvgIpc) is 3.19. The van der Waals surface area contributed by atoms with E-state index in [0.717, 1.165) is 31.4 Å². The number of para-hydroxylation sites is 1. The first-order chi connectivity index (χ1) is 14.1. The van der Waals surface area contributed by atoms with E-state index in [1.165, 1.54) is 11.9 Å². The smallest absolute Gasteiger partial charge is 0.245 e. The molecule has 0 aliphatic carbocycles. The van der Waals surface area contributed by atoms with Crippen molar-refractivity contribution in [1.29, 1.82) is 0 Å². The number of nitrogen functional groups attached to an aromatic ring is 1. The van der Waals surface area contributed by atoms with Gasteiger partial charge in [0, 0.05) is 25.9 Å². The number of carbonyl (C=O) groups excluding carboxylic acids is 1. The predicted octanol–water partition coefficient (Wildman–Crippen LogP) is 2.36. The molecular weight excluding hydrogens is 368 g/mol. The summed E-state index contributed by atoms with van der Waals surface area (Å²) < 4.78 is 8.18. The number of hydrogen-bond donors (Lipinski definition) is 1. The van der Waals surface area contributed by atoms with Crippen molar-refractivity contribution in [1.82, 2.24) is 24.4 Å². The molecule has 4 heterocycles. The summed E-state index contributed by atoms with van der Waals surface area (Å²) in [6.45, 7) is 3.25. The van der Waals surface area contributed by atoms with Gasteiger partial charge in [-0.2, -0.15) is 0 Å². The number of nitrogens with two attached hydrogens (primary N) is 1. The molecule has 29 heavy (non-hydrogen) atoms. The van der Waals surface area contributed by atoms with Crippen LogP contribution in [-0.4, -0.2) is 49.0 Å². The van der Waals surface area contributed by atoms with Crippen LogP contribution in [0.1, 0.15) is 37.8 Å². The van der Waals surface area contributed by atoms with Crippen molar-refractivity contribution in [2.75, 3.05) is 18.8 Å². The summed E-state index contributed by atoms with van der Waals surface area (Å²) in [6, 6.07) is 7.85. The lowest BCUT2D eigenvalue weighted by molar-refractivity contribution is -0.138. The van der Waals surface area contributed by atoms with Crippen LogP contribution in [0.25, 0.3) is 11.2 Å². The Morgan fingerprint density at radius 1 is 1.17 bits per heavy atom. The van der Waals surface area contributed by atoms with E-state index in [2.05, 4.69) is 27.1 Å². The fourth-order valence-electron chi connectivity index (χ4n) is 4.48. The minimum absolute atomic E-state index is 0.0625. The van der Waals surface area contributed by atoms with E-state index in [1.807, 2.05) is 24.0 Å². The van der Waals surface area contributed by atoms with Crippen molar-refractivity contribution in [3.63, 3.8) is 0 Å². The van der Waals surface area contributed by atoms with Gasteiger partial charge in [0.05, 0.1) is 6.33 Å². The molecule has 3 aromatic rings. The van der Waals surface area contributed by atoms with Crippen LogP contribution in [0, 0.1) is 0 Å². The van der Waals surface area contributed by atoms with E-state index in [1.54, 1.807) is 10.9 Å². The van der Waals surface area contributed by atoms with Crippen molar-refractivity contribution in [3.05, 3.63) is 42.5 Å². The van der Waals surface area contributed by atoms with Gasteiger partial charge in [0.25, 0.3) is 0 Å². The van der Waals surface area contributed by atoms with Crippen LogP contribution in [0.5, 0.6) is 5.75 Å². The lowest BCUT2D eigenvalue weighted by Gasteiger charge is -2.45. The second-order valence-electron chi connectivity index (χ2n) is 7.98. The molecule has 2 aromatic heterocycles. The Morgan fingerprint density at radius 2 is 1.97 bits per heavy atom. The number of carbonyl (C=O) groups is 1. The number of rotatable bonds is 2. The summed E-state index contributed by atoms with van der Waals surface area (Å²) in [5, 5.41) is 0. The molecule has 2 aliphatic heterocycles. The Kier molecular flexibility index (Phi) is 4.15. The van der Waals surface area contributed by atoms with Crippen molar-refractivity contribution in [2.24, 2.45) is 0 Å². The molecule has 1 atom stereocenters. The van der Waals surface area contributed by atoms with Gasteiger partial charge in [0.15, 0.2) is 11.5 Å². The molecule has 8 heteroatoms. The summed E-state index contributed by atoms with van der Waals surface area (Å²) in [5.41, 5.74) is 8.10. The highest BCUT2D eigenvalue weighted by molar-refractivity contribution is 5.85. The topological polar surface area (TPSA) is 99.2 Å². The summed E-state index contributed by atoms with van der Waals surface area (Å²) >= 11 is 0. The maximum Gasteiger partial charge on any atom is 0.245 e. The van der Waals surface area contributed by atoms with Crippen molar-refractivity contribution in [3.8, 4) is 5.75 Å². The Bertz CT molecular complexity index is 1070. The number of fused-ring (bicyclic) bond motifs is 2. The molecule has 2 aliphatic rings. The van der Waals surface area contributed by atoms with E-state index in [0.29, 0.717) is 30.1 Å². The van der Waals surface area contributed by atoms with Gasteiger partial charge in [-0.25, -0.2) is 15.0 Å². The van der Waals surface area contributed by atoms with Crippen LogP contribution < -0.4 is 10.5 Å². The molecule has 1 fully saturated rings. The summed E-state index contributed by atoms with van der Waals surface area (Å²) in [5.74, 6) is 1.38. The fourth-order valence-corrected chi connectivity index (χ4v) is 4.48. The second-order valence-corrected chi connectivity index (χ2v) is 7.98. The number of ether oxygens (including phenoxy) is 1. The van der Waals surface area contributed by atoms with E-state index in [-0.39, 0.29) is 11.5 Å². The predicted molar refractivity (Wildman–Crippen MR) is 108 cm³/mol. The molecule has 1 aromatic carbocycles. The molecule has 0 bridgehead atoms. The highest BCUT2D eigenvalue weighted by atomic mass is 16.5. The molecule has 0 saturated carbocycles.